The number of aliphatic carboxylic acids is 3. The number of halogens is 10. The van der Waals surface area contributed by atoms with E-state index in [1.54, 1.807) is 18.6 Å². The van der Waals surface area contributed by atoms with Gasteiger partial charge in [-0.3, -0.25) is 4.98 Å². The van der Waals surface area contributed by atoms with Crippen LogP contribution < -0.4 is 5.32 Å². The monoisotopic (exact) mass is 732 g/mol. The highest BCUT2D eigenvalue weighted by atomic mass is 79.9. The van der Waals surface area contributed by atoms with Crippen LogP contribution in [0.3, 0.4) is 0 Å². The van der Waals surface area contributed by atoms with Gasteiger partial charge in [0.25, 0.3) is 0 Å². The van der Waals surface area contributed by atoms with Crippen molar-refractivity contribution in [1.82, 2.24) is 24.9 Å². The Balaban J connectivity index is 0.000000289. The molecule has 0 amide bonds. The summed E-state index contributed by atoms with van der Waals surface area (Å²) in [5.41, 5.74) is 5.36. The minimum atomic E-state index is -5.08. The molecule has 12 nitrogen and oxygen atoms in total. The predicted octanol–water partition coefficient (Wildman–Crippen LogP) is 6.32. The van der Waals surface area contributed by atoms with Gasteiger partial charge in [0, 0.05) is 23.5 Å². The van der Waals surface area contributed by atoms with E-state index in [0.29, 0.717) is 5.82 Å². The Labute approximate surface area is 257 Å². The van der Waals surface area contributed by atoms with Crippen LogP contribution in [0.25, 0.3) is 34.0 Å². The number of aromatic amines is 1. The minimum absolute atomic E-state index is 0.714. The molecule has 5 rings (SSSR count). The smallest absolute Gasteiger partial charge is 0.475 e. The number of fused-ring (bicyclic) bond motifs is 5. The Morgan fingerprint density at radius 2 is 1.26 bits per heavy atom. The molecule has 5 N–H and O–H groups in total. The van der Waals surface area contributed by atoms with E-state index in [9.17, 15) is 39.5 Å². The van der Waals surface area contributed by atoms with E-state index in [1.807, 2.05) is 36.4 Å². The third-order valence-electron chi connectivity index (χ3n) is 4.80. The van der Waals surface area contributed by atoms with E-state index < -0.39 is 36.4 Å². The maximum Gasteiger partial charge on any atom is 0.490 e. The molecule has 0 spiro atoms. The number of alkyl halides is 9. The van der Waals surface area contributed by atoms with Crippen molar-refractivity contribution >= 4 is 45.3 Å². The summed E-state index contributed by atoms with van der Waals surface area (Å²) >= 11 is 3.41. The number of rotatable bonds is 1. The van der Waals surface area contributed by atoms with Crippen LogP contribution in [0, 0.1) is 0 Å². The molecule has 46 heavy (non-hydrogen) atoms. The van der Waals surface area contributed by atoms with Crippen LogP contribution in [0.5, 0.6) is 0 Å². The second-order valence-electron chi connectivity index (χ2n) is 8.01. The van der Waals surface area contributed by atoms with Gasteiger partial charge in [0.05, 0.1) is 17.6 Å². The summed E-state index contributed by atoms with van der Waals surface area (Å²) in [7, 11) is 0. The molecule has 1 aliphatic heterocycles. The lowest BCUT2D eigenvalue weighted by atomic mass is 10.1. The SMILES string of the molecule is Brc1cccc(-c2nc3c([nH]2)-c2ccncc2Nc2ncccc2-3)n1.O=C(O)C(F)(F)F.O=C(O)C(F)(F)F.O=C(O)C(F)(F)F. The first kappa shape index (κ1) is 36.9. The molecule has 1 aliphatic rings. The molecule has 0 atom stereocenters. The lowest BCUT2D eigenvalue weighted by Crippen LogP contribution is -2.21. The Hall–Kier alpha value is -5.28. The number of aromatic nitrogens is 5. The van der Waals surface area contributed by atoms with Gasteiger partial charge in [0.2, 0.25) is 0 Å². The highest BCUT2D eigenvalue weighted by Crippen LogP contribution is 2.42. The maximum absolute atomic E-state index is 10.6. The largest absolute Gasteiger partial charge is 0.490 e. The van der Waals surface area contributed by atoms with E-state index in [-0.39, 0.29) is 0 Å². The number of carboxylic acid groups (broad SMARTS) is 3. The van der Waals surface area contributed by atoms with Gasteiger partial charge in [-0.15, -0.1) is 0 Å². The van der Waals surface area contributed by atoms with Crippen LogP contribution in [0.4, 0.5) is 51.0 Å². The zero-order valence-corrected chi connectivity index (χ0v) is 23.4. The molecule has 22 heteroatoms. The highest BCUT2D eigenvalue weighted by Gasteiger charge is 2.39. The number of imidazole rings is 1. The van der Waals surface area contributed by atoms with E-state index in [2.05, 4.69) is 41.2 Å². The summed E-state index contributed by atoms with van der Waals surface area (Å²) in [5.74, 6) is -6.80. The fraction of sp³-hybridized carbons (Fsp3) is 0.125. The Bertz CT molecular complexity index is 1590. The van der Waals surface area contributed by atoms with Crippen LogP contribution in [-0.2, 0) is 14.4 Å². The molecule has 0 unspecified atom stereocenters. The molecule has 5 heterocycles. The summed E-state index contributed by atoms with van der Waals surface area (Å²) in [5, 5.41) is 24.7. The Morgan fingerprint density at radius 1 is 0.717 bits per heavy atom. The van der Waals surface area contributed by atoms with Crippen LogP contribution >= 0.6 is 15.9 Å². The Kier molecular flexibility index (Phi) is 11.8. The zero-order chi connectivity index (χ0) is 35.0. The number of hydrogen-bond acceptors (Lipinski definition) is 8. The fourth-order valence-electron chi connectivity index (χ4n) is 2.96. The van der Waals surface area contributed by atoms with Gasteiger partial charge < -0.3 is 25.6 Å². The fourth-order valence-corrected chi connectivity index (χ4v) is 3.30. The maximum atomic E-state index is 10.6. The molecular weight excluding hydrogens is 719 g/mol. The van der Waals surface area contributed by atoms with Crippen molar-refractivity contribution in [3.63, 3.8) is 0 Å². The van der Waals surface area contributed by atoms with E-state index in [1.165, 1.54) is 0 Å². The Morgan fingerprint density at radius 3 is 1.76 bits per heavy atom. The molecular formula is C24H14BrF9N6O6. The van der Waals surface area contributed by atoms with Crippen LogP contribution in [0.2, 0.25) is 0 Å². The van der Waals surface area contributed by atoms with Gasteiger partial charge in [0.1, 0.15) is 21.8 Å². The van der Waals surface area contributed by atoms with Crippen molar-refractivity contribution in [2.24, 2.45) is 0 Å². The van der Waals surface area contributed by atoms with E-state index in [0.717, 1.165) is 44.3 Å². The van der Waals surface area contributed by atoms with Crippen LogP contribution in [0.1, 0.15) is 0 Å². The van der Waals surface area contributed by atoms with Gasteiger partial charge in [-0.05, 0) is 46.3 Å². The number of carboxylic acids is 3. The predicted molar refractivity (Wildman–Crippen MR) is 140 cm³/mol. The van der Waals surface area contributed by atoms with Gasteiger partial charge in [-0.2, -0.15) is 39.5 Å². The summed E-state index contributed by atoms with van der Waals surface area (Å²) < 4.78 is 96.0. The summed E-state index contributed by atoms with van der Waals surface area (Å²) in [4.78, 5) is 48.1. The number of H-pyrrole nitrogens is 1. The molecule has 0 saturated carbocycles. The standard InChI is InChI=1S/C18H11BrN6.3C2HF3O2/c19-14-5-1-4-12(22-14)18-24-15-10-6-8-20-9-13(10)23-17-11(16(15)25-18)3-2-7-21-17;3*3-2(4,5)1(6)7/h1-9H,(H,21,23)(H,24,25);3*(H,6,7). The summed E-state index contributed by atoms with van der Waals surface area (Å²) in [6.45, 7) is 0. The van der Waals surface area contributed by atoms with E-state index in [4.69, 9.17) is 34.7 Å². The second-order valence-corrected chi connectivity index (χ2v) is 8.82. The van der Waals surface area contributed by atoms with Crippen LogP contribution in [-0.4, -0.2) is 76.7 Å². The number of pyridine rings is 3. The third kappa shape index (κ3) is 10.4. The third-order valence-corrected chi connectivity index (χ3v) is 5.24. The molecule has 4 aromatic heterocycles. The molecule has 246 valence electrons. The van der Waals surface area contributed by atoms with Gasteiger partial charge in [0.15, 0.2) is 5.82 Å². The zero-order valence-electron chi connectivity index (χ0n) is 21.8. The molecule has 0 saturated heterocycles. The highest BCUT2D eigenvalue weighted by molar-refractivity contribution is 9.10. The first-order valence-electron chi connectivity index (χ1n) is 11.4. The van der Waals surface area contributed by atoms with Gasteiger partial charge in [-0.25, -0.2) is 29.3 Å². The first-order valence-corrected chi connectivity index (χ1v) is 12.2. The van der Waals surface area contributed by atoms with Crippen LogP contribution in [0.15, 0.2) is 59.6 Å². The molecule has 0 bridgehead atoms. The van der Waals surface area contributed by atoms with Crippen molar-refractivity contribution in [1.29, 1.82) is 0 Å². The molecule has 4 aromatic rings. The number of carbonyl (C=O) groups is 3. The average Bonchev–Trinajstić information content (AvgIpc) is 3.33. The quantitative estimate of drug-likeness (QED) is 0.0958. The summed E-state index contributed by atoms with van der Waals surface area (Å²) in [6, 6.07) is 11.6. The number of anilines is 2. The topological polar surface area (TPSA) is 191 Å². The van der Waals surface area contributed by atoms with Crippen molar-refractivity contribution in [3.8, 4) is 34.0 Å². The molecule has 0 radical (unpaired) electrons. The molecule has 0 aliphatic carbocycles. The van der Waals surface area contributed by atoms with E-state index >= 15 is 0 Å². The average molecular weight is 733 g/mol. The second kappa shape index (κ2) is 14.7. The number of nitrogens with zero attached hydrogens (tertiary/aromatic N) is 4. The van der Waals surface area contributed by atoms with Gasteiger partial charge >= 0.3 is 36.4 Å². The molecule has 0 aromatic carbocycles. The first-order chi connectivity index (χ1) is 21.1. The van der Waals surface area contributed by atoms with Crippen molar-refractivity contribution in [2.45, 2.75) is 18.5 Å². The summed E-state index contributed by atoms with van der Waals surface area (Å²) in [6.07, 6.45) is -9.93. The normalized spacial score (nSPS) is 11.5. The van der Waals surface area contributed by atoms with Crippen molar-refractivity contribution < 1.29 is 69.2 Å². The lowest BCUT2D eigenvalue weighted by Gasteiger charge is -2.07. The lowest BCUT2D eigenvalue weighted by molar-refractivity contribution is -0.193. The number of nitrogens with one attached hydrogen (secondary N) is 2. The molecule has 0 fully saturated rings. The minimum Gasteiger partial charge on any atom is -0.475 e. The van der Waals surface area contributed by atoms with Gasteiger partial charge in [-0.1, -0.05) is 6.07 Å². The van der Waals surface area contributed by atoms with Crippen molar-refractivity contribution in [2.75, 3.05) is 5.32 Å². The number of hydrogen-bond donors (Lipinski definition) is 5. The van der Waals surface area contributed by atoms with Crippen molar-refractivity contribution in [3.05, 3.63) is 59.6 Å².